The summed E-state index contributed by atoms with van der Waals surface area (Å²) < 4.78 is 6.89. The molecule has 2 aromatic rings. The predicted octanol–water partition coefficient (Wildman–Crippen LogP) is 0.461. The Labute approximate surface area is 99.4 Å². The fourth-order valence-electron chi connectivity index (χ4n) is 1.67. The van der Waals surface area contributed by atoms with Crippen LogP contribution in [0.2, 0.25) is 0 Å². The Balaban J connectivity index is 2.20. The van der Waals surface area contributed by atoms with Gasteiger partial charge < -0.3 is 10.5 Å². The van der Waals surface area contributed by atoms with Crippen LogP contribution in [0.4, 0.5) is 0 Å². The average molecular weight is 233 g/mol. The number of rotatable bonds is 4. The summed E-state index contributed by atoms with van der Waals surface area (Å²) in [5.41, 5.74) is 7.00. The van der Waals surface area contributed by atoms with Gasteiger partial charge in [-0.15, -0.1) is 0 Å². The van der Waals surface area contributed by atoms with Gasteiger partial charge in [-0.3, -0.25) is 4.68 Å². The third-order valence-electron chi connectivity index (χ3n) is 2.60. The number of ether oxygens (including phenoxy) is 1. The molecule has 0 radical (unpaired) electrons. The van der Waals surface area contributed by atoms with Gasteiger partial charge in [0, 0.05) is 31.3 Å². The average Bonchev–Trinajstić information content (AvgIpc) is 2.75. The molecule has 0 spiro atoms. The van der Waals surface area contributed by atoms with E-state index >= 15 is 0 Å². The van der Waals surface area contributed by atoms with Crippen molar-refractivity contribution in [1.82, 2.24) is 19.7 Å². The fourth-order valence-corrected chi connectivity index (χ4v) is 1.67. The lowest BCUT2D eigenvalue weighted by atomic mass is 10.1. The molecule has 0 fully saturated rings. The van der Waals surface area contributed by atoms with Crippen molar-refractivity contribution in [3.05, 3.63) is 36.0 Å². The van der Waals surface area contributed by atoms with Crippen LogP contribution in [-0.2, 0) is 13.5 Å². The summed E-state index contributed by atoms with van der Waals surface area (Å²) in [6, 6.07) is 3.54. The van der Waals surface area contributed by atoms with Crippen molar-refractivity contribution in [3.8, 4) is 5.88 Å². The van der Waals surface area contributed by atoms with E-state index in [2.05, 4.69) is 15.1 Å². The highest BCUT2D eigenvalue weighted by Gasteiger charge is 2.15. The molecule has 0 amide bonds. The number of aryl methyl sites for hydroxylation is 1. The number of hydrogen-bond acceptors (Lipinski definition) is 5. The molecule has 6 nitrogen and oxygen atoms in total. The van der Waals surface area contributed by atoms with E-state index < -0.39 is 0 Å². The minimum Gasteiger partial charge on any atom is -0.481 e. The molecule has 6 heteroatoms. The van der Waals surface area contributed by atoms with Gasteiger partial charge >= 0.3 is 0 Å². The maximum Gasteiger partial charge on any atom is 0.217 e. The molecule has 0 saturated carbocycles. The Kier molecular flexibility index (Phi) is 3.34. The molecule has 0 bridgehead atoms. The maximum atomic E-state index is 6.13. The van der Waals surface area contributed by atoms with Crippen molar-refractivity contribution in [2.75, 3.05) is 7.11 Å². The number of aromatic nitrogens is 4. The topological polar surface area (TPSA) is 78.8 Å². The molecule has 0 aliphatic rings. The first-order valence-corrected chi connectivity index (χ1v) is 5.29. The van der Waals surface area contributed by atoms with Crippen molar-refractivity contribution < 1.29 is 4.74 Å². The number of pyridine rings is 1. The summed E-state index contributed by atoms with van der Waals surface area (Å²) >= 11 is 0. The number of hydrogen-bond donors (Lipinski definition) is 1. The first kappa shape index (κ1) is 11.5. The van der Waals surface area contributed by atoms with Crippen molar-refractivity contribution in [2.24, 2.45) is 12.8 Å². The largest absolute Gasteiger partial charge is 0.481 e. The van der Waals surface area contributed by atoms with Crippen LogP contribution in [0.5, 0.6) is 5.88 Å². The van der Waals surface area contributed by atoms with E-state index in [1.807, 2.05) is 19.2 Å². The van der Waals surface area contributed by atoms with Crippen LogP contribution < -0.4 is 10.5 Å². The van der Waals surface area contributed by atoms with E-state index in [1.165, 1.54) is 6.33 Å². The van der Waals surface area contributed by atoms with Crippen LogP contribution in [-0.4, -0.2) is 26.9 Å². The van der Waals surface area contributed by atoms with E-state index in [9.17, 15) is 0 Å². The lowest BCUT2D eigenvalue weighted by Crippen LogP contribution is -2.17. The zero-order valence-corrected chi connectivity index (χ0v) is 9.87. The Hall–Kier alpha value is -1.95. The monoisotopic (exact) mass is 233 g/mol. The van der Waals surface area contributed by atoms with Gasteiger partial charge in [0.05, 0.1) is 7.11 Å². The van der Waals surface area contributed by atoms with E-state index in [-0.39, 0.29) is 6.04 Å². The minimum atomic E-state index is -0.207. The zero-order valence-electron chi connectivity index (χ0n) is 9.87. The van der Waals surface area contributed by atoms with Crippen molar-refractivity contribution in [1.29, 1.82) is 0 Å². The summed E-state index contributed by atoms with van der Waals surface area (Å²) in [6.07, 6.45) is 3.79. The molecule has 2 heterocycles. The molecule has 1 atom stereocenters. The van der Waals surface area contributed by atoms with Crippen molar-refractivity contribution in [3.63, 3.8) is 0 Å². The molecular formula is C11H15N5O. The second-order valence-electron chi connectivity index (χ2n) is 3.71. The van der Waals surface area contributed by atoms with Gasteiger partial charge in [0.1, 0.15) is 12.2 Å². The molecule has 90 valence electrons. The Morgan fingerprint density at radius 2 is 2.29 bits per heavy atom. The van der Waals surface area contributed by atoms with Crippen LogP contribution in [0.25, 0.3) is 0 Å². The van der Waals surface area contributed by atoms with E-state index in [1.54, 1.807) is 18.0 Å². The fraction of sp³-hybridized carbons (Fsp3) is 0.364. The van der Waals surface area contributed by atoms with Gasteiger partial charge in [0.15, 0.2) is 0 Å². The minimum absolute atomic E-state index is 0.207. The molecule has 2 N–H and O–H groups in total. The van der Waals surface area contributed by atoms with Crippen molar-refractivity contribution >= 4 is 0 Å². The molecule has 0 aliphatic heterocycles. The quantitative estimate of drug-likeness (QED) is 0.830. The van der Waals surface area contributed by atoms with Gasteiger partial charge in [0.25, 0.3) is 0 Å². The normalized spacial score (nSPS) is 12.4. The van der Waals surface area contributed by atoms with E-state index in [4.69, 9.17) is 10.5 Å². The first-order valence-electron chi connectivity index (χ1n) is 5.29. The summed E-state index contributed by atoms with van der Waals surface area (Å²) in [6.45, 7) is 0. The molecule has 0 saturated heterocycles. The van der Waals surface area contributed by atoms with Gasteiger partial charge in [-0.1, -0.05) is 6.07 Å². The highest BCUT2D eigenvalue weighted by Crippen LogP contribution is 2.22. The van der Waals surface area contributed by atoms with Gasteiger partial charge in [-0.05, 0) is 6.07 Å². The number of nitrogens with two attached hydrogens (primary N) is 1. The van der Waals surface area contributed by atoms with Crippen LogP contribution in [0, 0.1) is 0 Å². The third kappa shape index (κ3) is 2.42. The van der Waals surface area contributed by atoms with Gasteiger partial charge in [0.2, 0.25) is 5.88 Å². The van der Waals surface area contributed by atoms with Crippen LogP contribution in [0.15, 0.2) is 24.7 Å². The molecule has 0 aromatic carbocycles. The Bertz CT molecular complexity index is 496. The lowest BCUT2D eigenvalue weighted by Gasteiger charge is -2.13. The highest BCUT2D eigenvalue weighted by atomic mass is 16.5. The first-order chi connectivity index (χ1) is 8.22. The third-order valence-corrected chi connectivity index (χ3v) is 2.60. The molecule has 0 aliphatic carbocycles. The standard InChI is InChI=1S/C11H15N5O/c1-16-10(14-7-15-16)6-9(12)8-4-3-5-13-11(8)17-2/h3-5,7,9H,6,12H2,1-2H3. The maximum absolute atomic E-state index is 6.13. The molecule has 2 rings (SSSR count). The molecular weight excluding hydrogens is 218 g/mol. The predicted molar refractivity (Wildman–Crippen MR) is 62.4 cm³/mol. The van der Waals surface area contributed by atoms with Gasteiger partial charge in [-0.2, -0.15) is 5.10 Å². The number of nitrogens with zero attached hydrogens (tertiary/aromatic N) is 4. The molecule has 2 aromatic heterocycles. The van der Waals surface area contributed by atoms with Crippen LogP contribution in [0.3, 0.4) is 0 Å². The molecule has 17 heavy (non-hydrogen) atoms. The Morgan fingerprint density at radius 1 is 1.47 bits per heavy atom. The van der Waals surface area contributed by atoms with Crippen LogP contribution in [0.1, 0.15) is 17.4 Å². The second-order valence-corrected chi connectivity index (χ2v) is 3.71. The van der Waals surface area contributed by atoms with Gasteiger partial charge in [-0.25, -0.2) is 9.97 Å². The van der Waals surface area contributed by atoms with Crippen LogP contribution >= 0.6 is 0 Å². The van der Waals surface area contributed by atoms with E-state index in [0.29, 0.717) is 12.3 Å². The summed E-state index contributed by atoms with van der Waals surface area (Å²) in [7, 11) is 3.43. The lowest BCUT2D eigenvalue weighted by molar-refractivity contribution is 0.387. The number of methoxy groups -OCH3 is 1. The van der Waals surface area contributed by atoms with Crippen molar-refractivity contribution in [2.45, 2.75) is 12.5 Å². The second kappa shape index (κ2) is 4.92. The summed E-state index contributed by atoms with van der Waals surface area (Å²) in [5.74, 6) is 1.39. The highest BCUT2D eigenvalue weighted by molar-refractivity contribution is 5.29. The zero-order chi connectivity index (χ0) is 12.3. The summed E-state index contributed by atoms with van der Waals surface area (Å²) in [5, 5.41) is 4.01. The molecule has 1 unspecified atom stereocenters. The Morgan fingerprint density at radius 3 is 2.94 bits per heavy atom. The summed E-state index contributed by atoms with van der Waals surface area (Å²) in [4.78, 5) is 8.27. The smallest absolute Gasteiger partial charge is 0.217 e. The SMILES string of the molecule is COc1ncccc1C(N)Cc1ncnn1C. The van der Waals surface area contributed by atoms with E-state index in [0.717, 1.165) is 11.4 Å².